The molecule has 0 aromatic heterocycles. The van der Waals surface area contributed by atoms with Gasteiger partial charge in [-0.1, -0.05) is 0 Å². The van der Waals surface area contributed by atoms with Gasteiger partial charge < -0.3 is 78.6 Å². The van der Waals surface area contributed by atoms with Crippen molar-refractivity contribution in [3.8, 4) is 0 Å². The number of carbonyl (C=O) groups excluding carboxylic acids is 3. The molecule has 0 atom stereocenters. The molecule has 0 heterocycles. The second kappa shape index (κ2) is 40.6. The number of rotatable bonds is 5. The molecule has 0 spiro atoms. The molecule has 0 radical (unpaired) electrons. The molecular weight excluding hydrogens is 429 g/mol. The van der Waals surface area contributed by atoms with Crippen molar-refractivity contribution in [2.75, 3.05) is 0 Å². The zero-order valence-electron chi connectivity index (χ0n) is 13.3. The van der Waals surface area contributed by atoms with Crippen molar-refractivity contribution >= 4 is 17.9 Å². The van der Waals surface area contributed by atoms with Crippen LogP contribution in [-0.2, 0) is 14.4 Å². The van der Waals surface area contributed by atoms with Crippen LogP contribution in [0.2, 0.25) is 0 Å². The molecular formula is C6H21K3O15. The van der Waals surface area contributed by atoms with Gasteiger partial charge in [0.25, 0.3) is 0 Å². The van der Waals surface area contributed by atoms with Crippen LogP contribution in [0.25, 0.3) is 0 Å². The first-order chi connectivity index (χ1) is 5.78. The van der Waals surface area contributed by atoms with Crippen molar-refractivity contribution in [2.24, 2.45) is 0 Å². The molecule has 0 aliphatic carbocycles. The molecule has 138 valence electrons. The fraction of sp³-hybridized carbons (Fsp3) is 0.500. The Kier molecular flexibility index (Phi) is 137. The molecule has 0 saturated heterocycles. The molecule has 0 amide bonds. The van der Waals surface area contributed by atoms with Gasteiger partial charge in [0.05, 0.1) is 5.97 Å². The largest absolute Gasteiger partial charge is 1.00 e. The zero-order chi connectivity index (χ0) is 10.6. The average molecular weight is 451 g/mol. The van der Waals surface area contributed by atoms with E-state index in [9.17, 15) is 29.7 Å². The molecule has 0 aliphatic heterocycles. The monoisotopic (exact) mass is 450 g/mol. The van der Waals surface area contributed by atoms with Gasteiger partial charge in [-0.2, -0.15) is 0 Å². The maximum absolute atomic E-state index is 10.1. The van der Waals surface area contributed by atoms with Crippen LogP contribution < -0.4 is 169 Å². The maximum Gasteiger partial charge on any atom is 1.00 e. The first kappa shape index (κ1) is 81.2. The summed E-state index contributed by atoms with van der Waals surface area (Å²) in [5, 5.41) is 38.9. The van der Waals surface area contributed by atoms with Crippen LogP contribution >= 0.6 is 0 Å². The van der Waals surface area contributed by atoms with E-state index in [4.69, 9.17) is 5.11 Å². The van der Waals surface area contributed by atoms with Gasteiger partial charge in [-0.25, -0.2) is 0 Å². The van der Waals surface area contributed by atoms with E-state index in [-0.39, 0.29) is 198 Å². The Labute approximate surface area is 263 Å². The Morgan fingerprint density at radius 2 is 0.792 bits per heavy atom. The predicted molar refractivity (Wildman–Crippen MR) is 58.1 cm³/mol. The van der Waals surface area contributed by atoms with Crippen molar-refractivity contribution in [3.05, 3.63) is 0 Å². The van der Waals surface area contributed by atoms with E-state index < -0.39 is 36.4 Å². The number of carbonyl (C=O) groups is 3. The standard InChI is InChI=1S/C6H8O7.3K.8H2O/c7-3(8)1-6(13,5(11)12)2-4(9)10;;;;;;;;;;;/h13H,1-2H2,(H,7,8)(H,9,10)(H,11,12);;;;8*1H2/q;3*+1;;;;;;;;/p-3. The van der Waals surface area contributed by atoms with E-state index in [0.29, 0.717) is 0 Å². The Balaban J connectivity index is -0.0000000131. The first-order valence-corrected chi connectivity index (χ1v) is 3.11. The Hall–Kier alpha value is 2.96. The van der Waals surface area contributed by atoms with Gasteiger partial charge in [-0.3, -0.25) is 0 Å². The third kappa shape index (κ3) is 39.9. The Bertz CT molecular complexity index is 246. The Morgan fingerprint density at radius 1 is 0.625 bits per heavy atom. The molecule has 0 aliphatic rings. The van der Waals surface area contributed by atoms with Crippen molar-refractivity contribution in [3.63, 3.8) is 0 Å². The molecule has 0 aromatic carbocycles. The minimum atomic E-state index is -2.97. The molecule has 0 bridgehead atoms. The summed E-state index contributed by atoms with van der Waals surface area (Å²) in [5.41, 5.74) is -2.97. The van der Waals surface area contributed by atoms with E-state index in [2.05, 4.69) is 0 Å². The second-order valence-corrected chi connectivity index (χ2v) is 2.42. The summed E-state index contributed by atoms with van der Waals surface area (Å²) in [5.74, 6) is -5.98. The third-order valence-corrected chi connectivity index (χ3v) is 1.25. The quantitative estimate of drug-likeness (QED) is 0.393. The van der Waals surface area contributed by atoms with Gasteiger partial charge in [0, 0.05) is 24.8 Å². The van der Waals surface area contributed by atoms with Gasteiger partial charge in [-0.15, -0.1) is 0 Å². The minimum absolute atomic E-state index is 0. The number of hydrogen-bond acceptors (Lipinski definition) is 7. The summed E-state index contributed by atoms with van der Waals surface area (Å²) in [4.78, 5) is 30.0. The SMILES string of the molecule is O.O.O.O.O.O.O.O.O=C([O-])CC(O)(CC(=O)[O-])C(=O)[O-].[K+].[K+].[K+]. The average Bonchev–Trinajstić information content (AvgIpc) is 1.82. The normalized spacial score (nSPS) is 5.88. The van der Waals surface area contributed by atoms with Crippen LogP contribution in [-0.4, -0.2) is 72.4 Å². The molecule has 24 heavy (non-hydrogen) atoms. The number of aliphatic carboxylic acids is 3. The van der Waals surface area contributed by atoms with Gasteiger partial charge in [0.15, 0.2) is 0 Å². The second-order valence-electron chi connectivity index (χ2n) is 2.42. The summed E-state index contributed by atoms with van der Waals surface area (Å²) in [7, 11) is 0. The minimum Gasteiger partial charge on any atom is -0.550 e. The molecule has 0 saturated carbocycles. The van der Waals surface area contributed by atoms with Crippen molar-refractivity contribution in [1.29, 1.82) is 0 Å². The van der Waals surface area contributed by atoms with E-state index >= 15 is 0 Å². The van der Waals surface area contributed by atoms with Crippen LogP contribution in [0, 0.1) is 0 Å². The fourth-order valence-electron chi connectivity index (χ4n) is 0.684. The molecule has 0 fully saturated rings. The molecule has 18 heteroatoms. The molecule has 15 nitrogen and oxygen atoms in total. The predicted octanol–water partition coefficient (Wildman–Crippen LogP) is -20.8. The summed E-state index contributed by atoms with van der Waals surface area (Å²) in [6.45, 7) is 0. The summed E-state index contributed by atoms with van der Waals surface area (Å²) in [6, 6.07) is 0. The van der Waals surface area contributed by atoms with Gasteiger partial charge in [-0.05, 0) is 0 Å². The fourth-order valence-corrected chi connectivity index (χ4v) is 0.684. The van der Waals surface area contributed by atoms with E-state index in [1.807, 2.05) is 0 Å². The molecule has 0 unspecified atom stereocenters. The summed E-state index contributed by atoms with van der Waals surface area (Å²) in [6.07, 6.45) is -2.72. The van der Waals surface area contributed by atoms with Gasteiger partial charge in [0.2, 0.25) is 0 Å². The van der Waals surface area contributed by atoms with Crippen molar-refractivity contribution in [2.45, 2.75) is 18.4 Å². The summed E-state index contributed by atoms with van der Waals surface area (Å²) < 4.78 is 0. The third-order valence-electron chi connectivity index (χ3n) is 1.25. The first-order valence-electron chi connectivity index (χ1n) is 3.11. The zero-order valence-corrected chi connectivity index (χ0v) is 22.7. The van der Waals surface area contributed by atoms with Crippen LogP contribution in [0.3, 0.4) is 0 Å². The van der Waals surface area contributed by atoms with Crippen LogP contribution in [0.15, 0.2) is 0 Å². The maximum atomic E-state index is 10.1. The number of aliphatic hydroxyl groups is 1. The smallest absolute Gasteiger partial charge is 0.550 e. The van der Waals surface area contributed by atoms with Crippen molar-refractivity contribution < 1.29 is 233 Å². The van der Waals surface area contributed by atoms with E-state index in [0.717, 1.165) is 0 Å². The Morgan fingerprint density at radius 3 is 0.875 bits per heavy atom. The van der Waals surface area contributed by atoms with Gasteiger partial charge >= 0.3 is 154 Å². The number of carboxylic acids is 3. The van der Waals surface area contributed by atoms with Crippen LogP contribution in [0.1, 0.15) is 12.8 Å². The van der Waals surface area contributed by atoms with Crippen molar-refractivity contribution in [1.82, 2.24) is 0 Å². The van der Waals surface area contributed by atoms with Crippen LogP contribution in [0.5, 0.6) is 0 Å². The van der Waals surface area contributed by atoms with Gasteiger partial charge in [0.1, 0.15) is 5.60 Å². The van der Waals surface area contributed by atoms with E-state index in [1.165, 1.54) is 0 Å². The molecule has 17 N–H and O–H groups in total. The van der Waals surface area contributed by atoms with E-state index in [1.54, 1.807) is 0 Å². The molecule has 0 aromatic rings. The van der Waals surface area contributed by atoms with Crippen LogP contribution in [0.4, 0.5) is 0 Å². The molecule has 0 rings (SSSR count). The number of hydrogen-bond donors (Lipinski definition) is 1. The summed E-state index contributed by atoms with van der Waals surface area (Å²) >= 11 is 0. The topological polar surface area (TPSA) is 393 Å². The number of carboxylic acid groups (broad SMARTS) is 3.